The van der Waals surface area contributed by atoms with Gasteiger partial charge in [-0.05, 0) is 48.2 Å². The molecule has 0 spiro atoms. The summed E-state index contributed by atoms with van der Waals surface area (Å²) in [6.07, 6.45) is -1.79. The molecule has 2 aromatic rings. The first-order valence-electron chi connectivity index (χ1n) is 8.67. The molecule has 0 aromatic heterocycles. The summed E-state index contributed by atoms with van der Waals surface area (Å²) in [6, 6.07) is 7.81. The zero-order valence-corrected chi connectivity index (χ0v) is 15.4. The molecule has 28 heavy (non-hydrogen) atoms. The van der Waals surface area contributed by atoms with Gasteiger partial charge >= 0.3 is 12.1 Å². The topological polar surface area (TPSA) is 96.3 Å². The molecule has 1 heterocycles. The number of aliphatic carboxylic acids is 1. The summed E-state index contributed by atoms with van der Waals surface area (Å²) < 4.78 is 25.1. The Morgan fingerprint density at radius 3 is 2.50 bits per heavy atom. The Morgan fingerprint density at radius 1 is 1.14 bits per heavy atom. The van der Waals surface area contributed by atoms with Gasteiger partial charge in [0.15, 0.2) is 6.10 Å². The van der Waals surface area contributed by atoms with Gasteiger partial charge in [-0.3, -0.25) is 0 Å². The number of rotatable bonds is 5. The summed E-state index contributed by atoms with van der Waals surface area (Å²) >= 11 is 0. The van der Waals surface area contributed by atoms with Crippen molar-refractivity contribution in [1.29, 1.82) is 0 Å². The molecule has 2 N–H and O–H groups in total. The third-order valence-corrected chi connectivity index (χ3v) is 4.75. The molecule has 1 aliphatic heterocycles. The van der Waals surface area contributed by atoms with Crippen molar-refractivity contribution in [1.82, 2.24) is 4.90 Å². The lowest BCUT2D eigenvalue weighted by Crippen LogP contribution is -2.35. The monoisotopic (exact) mass is 389 g/mol. The van der Waals surface area contributed by atoms with E-state index in [4.69, 9.17) is 14.6 Å². The molecular weight excluding hydrogens is 369 g/mol. The average molecular weight is 389 g/mol. The molecule has 0 saturated heterocycles. The predicted octanol–water partition coefficient (Wildman–Crippen LogP) is 3.39. The van der Waals surface area contributed by atoms with E-state index in [0.29, 0.717) is 40.2 Å². The van der Waals surface area contributed by atoms with Gasteiger partial charge < -0.3 is 24.6 Å². The molecule has 0 aliphatic carbocycles. The van der Waals surface area contributed by atoms with Crippen LogP contribution in [-0.2, 0) is 17.8 Å². The number of amides is 1. The summed E-state index contributed by atoms with van der Waals surface area (Å²) in [4.78, 5) is 23.6. The van der Waals surface area contributed by atoms with Crippen LogP contribution in [0, 0.1) is 5.82 Å². The number of methoxy groups -OCH3 is 1. The van der Waals surface area contributed by atoms with E-state index in [2.05, 4.69) is 0 Å². The molecule has 148 valence electrons. The summed E-state index contributed by atoms with van der Waals surface area (Å²) in [5, 5.41) is 18.3. The molecule has 1 atom stereocenters. The molecule has 8 heteroatoms. The Kier molecular flexibility index (Phi) is 5.39. The van der Waals surface area contributed by atoms with Crippen molar-refractivity contribution in [3.63, 3.8) is 0 Å². The molecule has 3 rings (SSSR count). The van der Waals surface area contributed by atoms with Crippen molar-refractivity contribution < 1.29 is 33.7 Å². The highest BCUT2D eigenvalue weighted by molar-refractivity contribution is 5.77. The van der Waals surface area contributed by atoms with Crippen LogP contribution in [0.1, 0.15) is 18.1 Å². The first-order valence-corrected chi connectivity index (χ1v) is 8.67. The highest BCUT2D eigenvalue weighted by Gasteiger charge is 2.26. The van der Waals surface area contributed by atoms with E-state index >= 15 is 0 Å². The third kappa shape index (κ3) is 3.71. The van der Waals surface area contributed by atoms with Crippen LogP contribution in [0.5, 0.6) is 11.5 Å². The van der Waals surface area contributed by atoms with Gasteiger partial charge in [0.2, 0.25) is 0 Å². The van der Waals surface area contributed by atoms with Crippen LogP contribution < -0.4 is 9.47 Å². The number of ether oxygens (including phenoxy) is 2. The fraction of sp³-hybridized carbons (Fsp3) is 0.300. The largest absolute Gasteiger partial charge is 0.496 e. The molecule has 1 amide bonds. The molecule has 0 saturated carbocycles. The van der Waals surface area contributed by atoms with E-state index in [1.807, 2.05) is 0 Å². The minimum absolute atomic E-state index is 0.0786. The van der Waals surface area contributed by atoms with Crippen molar-refractivity contribution >= 4 is 12.1 Å². The van der Waals surface area contributed by atoms with Crippen molar-refractivity contribution in [2.75, 3.05) is 13.7 Å². The maximum Gasteiger partial charge on any atom is 0.407 e. The van der Waals surface area contributed by atoms with Gasteiger partial charge in [-0.15, -0.1) is 0 Å². The minimum atomic E-state index is -1.09. The quantitative estimate of drug-likeness (QED) is 0.814. The first kappa shape index (κ1) is 19.5. The second-order valence-corrected chi connectivity index (χ2v) is 6.47. The molecule has 2 aromatic carbocycles. The van der Waals surface area contributed by atoms with Crippen molar-refractivity contribution in [2.24, 2.45) is 0 Å². The highest BCUT2D eigenvalue weighted by atomic mass is 19.1. The summed E-state index contributed by atoms with van der Waals surface area (Å²) in [6.45, 7) is 1.73. The Hall–Kier alpha value is -3.29. The fourth-order valence-electron chi connectivity index (χ4n) is 3.27. The van der Waals surface area contributed by atoms with Crippen molar-refractivity contribution in [2.45, 2.75) is 26.0 Å². The standard InChI is InChI=1S/C20H20FNO6/c1-11(19(23)24)28-12-3-4-15(18(9-12)27-2)13-5-6-17(21)14-7-8-22(20(25)26)10-16(13)14/h3-6,9,11H,7-8,10H2,1-2H3,(H,23,24)(H,25,26). The number of nitrogens with zero attached hydrogens (tertiary/aromatic N) is 1. The average Bonchev–Trinajstić information content (AvgIpc) is 2.68. The number of carboxylic acid groups (broad SMARTS) is 2. The van der Waals surface area contributed by atoms with Gasteiger partial charge in [0.05, 0.1) is 7.11 Å². The number of fused-ring (bicyclic) bond motifs is 1. The van der Waals surface area contributed by atoms with Crippen LogP contribution in [-0.4, -0.2) is 46.9 Å². The van der Waals surface area contributed by atoms with E-state index in [9.17, 15) is 19.1 Å². The number of hydrogen-bond acceptors (Lipinski definition) is 4. The first-order chi connectivity index (χ1) is 13.3. The van der Waals surface area contributed by atoms with Gasteiger partial charge in [0, 0.05) is 24.7 Å². The molecule has 0 fully saturated rings. The number of halogens is 1. The highest BCUT2D eigenvalue weighted by Crippen LogP contribution is 2.38. The Morgan fingerprint density at radius 2 is 1.86 bits per heavy atom. The lowest BCUT2D eigenvalue weighted by molar-refractivity contribution is -0.144. The maximum absolute atomic E-state index is 14.3. The zero-order chi connectivity index (χ0) is 20.4. The second-order valence-electron chi connectivity index (χ2n) is 6.47. The van der Waals surface area contributed by atoms with Crippen LogP contribution >= 0.6 is 0 Å². The number of hydrogen-bond donors (Lipinski definition) is 2. The van der Waals surface area contributed by atoms with Crippen LogP contribution in [0.3, 0.4) is 0 Å². The summed E-state index contributed by atoms with van der Waals surface area (Å²) in [5.41, 5.74) is 2.40. The molecule has 7 nitrogen and oxygen atoms in total. The van der Waals surface area contributed by atoms with Gasteiger partial charge in [-0.25, -0.2) is 14.0 Å². The predicted molar refractivity (Wildman–Crippen MR) is 98.3 cm³/mol. The summed E-state index contributed by atoms with van der Waals surface area (Å²) in [5.74, 6) is -0.725. The van der Waals surface area contributed by atoms with Crippen LogP contribution in [0.25, 0.3) is 11.1 Å². The smallest absolute Gasteiger partial charge is 0.407 e. The zero-order valence-electron chi connectivity index (χ0n) is 15.4. The van der Waals surface area contributed by atoms with Gasteiger partial charge in [-0.1, -0.05) is 6.07 Å². The Labute approximate surface area is 160 Å². The minimum Gasteiger partial charge on any atom is -0.496 e. The van der Waals surface area contributed by atoms with E-state index < -0.39 is 18.2 Å². The number of benzene rings is 2. The van der Waals surface area contributed by atoms with Crippen LogP contribution in [0.15, 0.2) is 30.3 Å². The lowest BCUT2D eigenvalue weighted by Gasteiger charge is -2.29. The number of carbonyl (C=O) groups is 2. The fourth-order valence-corrected chi connectivity index (χ4v) is 3.27. The second kappa shape index (κ2) is 7.75. The van der Waals surface area contributed by atoms with E-state index in [0.717, 1.165) is 0 Å². The van der Waals surface area contributed by atoms with Crippen LogP contribution in [0.2, 0.25) is 0 Å². The molecular formula is C20H20FNO6. The third-order valence-electron chi connectivity index (χ3n) is 4.75. The molecule has 1 aliphatic rings. The van der Waals surface area contributed by atoms with E-state index in [1.165, 1.54) is 25.0 Å². The van der Waals surface area contributed by atoms with E-state index in [1.54, 1.807) is 24.3 Å². The van der Waals surface area contributed by atoms with Crippen molar-refractivity contribution in [3.8, 4) is 22.6 Å². The summed E-state index contributed by atoms with van der Waals surface area (Å²) in [7, 11) is 1.46. The Bertz CT molecular complexity index is 929. The van der Waals surface area contributed by atoms with Gasteiger partial charge in [0.25, 0.3) is 0 Å². The molecule has 0 radical (unpaired) electrons. The molecule has 1 unspecified atom stereocenters. The molecule has 0 bridgehead atoms. The van der Waals surface area contributed by atoms with Gasteiger partial charge in [-0.2, -0.15) is 0 Å². The normalized spacial score (nSPS) is 14.2. The lowest BCUT2D eigenvalue weighted by atomic mass is 9.90. The maximum atomic E-state index is 14.3. The van der Waals surface area contributed by atoms with Crippen molar-refractivity contribution in [3.05, 3.63) is 47.3 Å². The SMILES string of the molecule is COc1cc(OC(C)C(=O)O)ccc1-c1ccc(F)c2c1CN(C(=O)O)CC2. The van der Waals surface area contributed by atoms with Gasteiger partial charge in [0.1, 0.15) is 17.3 Å². The Balaban J connectivity index is 2.04. The number of carboxylic acids is 1. The van der Waals surface area contributed by atoms with E-state index in [-0.39, 0.29) is 18.9 Å². The van der Waals surface area contributed by atoms with Crippen LogP contribution in [0.4, 0.5) is 9.18 Å².